The zero-order valence-electron chi connectivity index (χ0n) is 12.3. The van der Waals surface area contributed by atoms with Crippen molar-refractivity contribution in [3.8, 4) is 0 Å². The number of piperidine rings is 2. The molecule has 0 amide bonds. The summed E-state index contributed by atoms with van der Waals surface area (Å²) in [6.07, 6.45) is 5.61. The molecule has 0 aromatic carbocycles. The average molecular weight is 283 g/mol. The third-order valence-corrected chi connectivity index (χ3v) is 6.35. The van der Waals surface area contributed by atoms with E-state index < -0.39 is 0 Å². The van der Waals surface area contributed by atoms with Gasteiger partial charge in [0.2, 0.25) is 0 Å². The van der Waals surface area contributed by atoms with Crippen LogP contribution >= 0.6 is 11.8 Å². The van der Waals surface area contributed by atoms with Crippen LogP contribution in [0.1, 0.15) is 25.7 Å². The summed E-state index contributed by atoms with van der Waals surface area (Å²) in [6, 6.07) is 1.65. The average Bonchev–Trinajstić information content (AvgIpc) is 2.46. The molecule has 3 aliphatic rings. The lowest BCUT2D eigenvalue weighted by atomic mass is 9.84. The molecule has 3 saturated heterocycles. The number of nitrogens with zero attached hydrogens (tertiary/aromatic N) is 2. The summed E-state index contributed by atoms with van der Waals surface area (Å²) in [6.45, 7) is 6.53. The summed E-state index contributed by atoms with van der Waals surface area (Å²) in [5, 5.41) is 3.67. The van der Waals surface area contributed by atoms with Crippen LogP contribution in [0, 0.1) is 5.92 Å². The summed E-state index contributed by atoms with van der Waals surface area (Å²) in [5.74, 6) is 3.57. The molecule has 0 radical (unpaired) electrons. The maximum atomic E-state index is 3.67. The predicted octanol–water partition coefficient (Wildman–Crippen LogP) is 1.50. The van der Waals surface area contributed by atoms with Gasteiger partial charge in [0.05, 0.1) is 0 Å². The van der Waals surface area contributed by atoms with Crippen molar-refractivity contribution >= 4 is 11.8 Å². The third kappa shape index (κ3) is 3.66. The molecule has 3 unspecified atom stereocenters. The second-order valence-corrected chi connectivity index (χ2v) is 7.70. The minimum Gasteiger partial charge on any atom is -0.312 e. The van der Waals surface area contributed by atoms with Crippen LogP contribution in [-0.2, 0) is 0 Å². The lowest BCUT2D eigenvalue weighted by molar-refractivity contribution is 0.0374. The highest BCUT2D eigenvalue weighted by Crippen LogP contribution is 2.29. The molecular formula is C15H29N3S. The fraction of sp³-hybridized carbons (Fsp3) is 1.00. The maximum absolute atomic E-state index is 3.67. The first-order valence-corrected chi connectivity index (χ1v) is 9.22. The molecule has 4 heteroatoms. The molecule has 0 bridgehead atoms. The van der Waals surface area contributed by atoms with E-state index in [1.165, 1.54) is 69.9 Å². The standard InChI is InChI=1S/C15H29N3S/c1-17-7-2-3-13-11-18(9-5-15(13)17)8-4-14-12-19-10-6-16-14/h13-16H,2-12H2,1H3. The normalized spacial score (nSPS) is 38.1. The van der Waals surface area contributed by atoms with Crippen LogP contribution in [0.25, 0.3) is 0 Å². The SMILES string of the molecule is CN1CCCC2CN(CCC3CSCCN3)CCC21. The highest BCUT2D eigenvalue weighted by Gasteiger charge is 2.34. The third-order valence-electron chi connectivity index (χ3n) is 5.22. The second-order valence-electron chi connectivity index (χ2n) is 6.55. The number of likely N-dealkylation sites (tertiary alicyclic amines) is 2. The maximum Gasteiger partial charge on any atom is 0.0170 e. The number of hydrogen-bond acceptors (Lipinski definition) is 4. The van der Waals surface area contributed by atoms with Crippen molar-refractivity contribution in [2.24, 2.45) is 5.92 Å². The molecule has 3 aliphatic heterocycles. The number of fused-ring (bicyclic) bond motifs is 1. The molecule has 0 aliphatic carbocycles. The van der Waals surface area contributed by atoms with E-state index in [0.717, 1.165) is 18.0 Å². The van der Waals surface area contributed by atoms with Gasteiger partial charge in [0.25, 0.3) is 0 Å². The van der Waals surface area contributed by atoms with Gasteiger partial charge in [-0.3, -0.25) is 0 Å². The lowest BCUT2D eigenvalue weighted by Gasteiger charge is -2.46. The van der Waals surface area contributed by atoms with Crippen LogP contribution in [0.4, 0.5) is 0 Å². The Balaban J connectivity index is 1.43. The first kappa shape index (κ1) is 14.2. The Morgan fingerprint density at radius 1 is 1.26 bits per heavy atom. The second kappa shape index (κ2) is 6.79. The quantitative estimate of drug-likeness (QED) is 0.846. The van der Waals surface area contributed by atoms with Crippen molar-refractivity contribution in [3.63, 3.8) is 0 Å². The molecule has 3 fully saturated rings. The molecule has 0 spiro atoms. The van der Waals surface area contributed by atoms with Crippen molar-refractivity contribution in [1.29, 1.82) is 0 Å². The number of hydrogen-bond donors (Lipinski definition) is 1. The molecule has 0 aromatic rings. The summed E-state index contributed by atoms with van der Waals surface area (Å²) < 4.78 is 0. The first-order valence-electron chi connectivity index (χ1n) is 8.06. The van der Waals surface area contributed by atoms with E-state index in [4.69, 9.17) is 0 Å². The monoisotopic (exact) mass is 283 g/mol. The fourth-order valence-electron chi connectivity index (χ4n) is 4.07. The van der Waals surface area contributed by atoms with E-state index in [0.29, 0.717) is 0 Å². The van der Waals surface area contributed by atoms with Gasteiger partial charge in [0.15, 0.2) is 0 Å². The van der Waals surface area contributed by atoms with Crippen molar-refractivity contribution < 1.29 is 0 Å². The fourth-order valence-corrected chi connectivity index (χ4v) is 5.07. The van der Waals surface area contributed by atoms with Gasteiger partial charge in [-0.2, -0.15) is 11.8 Å². The zero-order chi connectivity index (χ0) is 13.1. The largest absolute Gasteiger partial charge is 0.312 e. The highest BCUT2D eigenvalue weighted by atomic mass is 32.2. The summed E-state index contributed by atoms with van der Waals surface area (Å²) >= 11 is 2.12. The van der Waals surface area contributed by atoms with Crippen LogP contribution in [0.15, 0.2) is 0 Å². The molecule has 1 N–H and O–H groups in total. The van der Waals surface area contributed by atoms with Gasteiger partial charge in [0.1, 0.15) is 0 Å². The van der Waals surface area contributed by atoms with Gasteiger partial charge >= 0.3 is 0 Å². The molecule has 19 heavy (non-hydrogen) atoms. The molecular weight excluding hydrogens is 254 g/mol. The van der Waals surface area contributed by atoms with E-state index >= 15 is 0 Å². The lowest BCUT2D eigenvalue weighted by Crippen LogP contribution is -2.53. The van der Waals surface area contributed by atoms with Crippen LogP contribution in [0.3, 0.4) is 0 Å². The molecule has 110 valence electrons. The summed E-state index contributed by atoms with van der Waals surface area (Å²) in [4.78, 5) is 5.35. The van der Waals surface area contributed by atoms with Crippen molar-refractivity contribution in [2.75, 3.05) is 51.3 Å². The van der Waals surface area contributed by atoms with Crippen molar-refractivity contribution in [1.82, 2.24) is 15.1 Å². The Bertz CT molecular complexity index is 281. The molecule has 3 heterocycles. The van der Waals surface area contributed by atoms with Crippen molar-refractivity contribution in [3.05, 3.63) is 0 Å². The Labute approximate surface area is 122 Å². The molecule has 0 aromatic heterocycles. The summed E-state index contributed by atoms with van der Waals surface area (Å²) in [5.41, 5.74) is 0. The van der Waals surface area contributed by atoms with Gasteiger partial charge in [0, 0.05) is 36.7 Å². The number of thioether (sulfide) groups is 1. The van der Waals surface area contributed by atoms with E-state index in [1.54, 1.807) is 0 Å². The van der Waals surface area contributed by atoms with E-state index in [1.807, 2.05) is 0 Å². The van der Waals surface area contributed by atoms with Crippen LogP contribution in [0.5, 0.6) is 0 Å². The van der Waals surface area contributed by atoms with Crippen LogP contribution in [-0.4, -0.2) is 73.2 Å². The molecule has 3 nitrogen and oxygen atoms in total. The van der Waals surface area contributed by atoms with Gasteiger partial charge < -0.3 is 15.1 Å². The van der Waals surface area contributed by atoms with Gasteiger partial charge in [-0.05, 0) is 58.3 Å². The van der Waals surface area contributed by atoms with Crippen molar-refractivity contribution in [2.45, 2.75) is 37.8 Å². The smallest absolute Gasteiger partial charge is 0.0170 e. The molecule has 3 rings (SSSR count). The van der Waals surface area contributed by atoms with Crippen LogP contribution < -0.4 is 5.32 Å². The van der Waals surface area contributed by atoms with Gasteiger partial charge in [-0.15, -0.1) is 0 Å². The van der Waals surface area contributed by atoms with E-state index in [9.17, 15) is 0 Å². The number of rotatable bonds is 3. The Morgan fingerprint density at radius 3 is 3.05 bits per heavy atom. The van der Waals surface area contributed by atoms with E-state index in [-0.39, 0.29) is 0 Å². The Kier molecular flexibility index (Phi) is 5.07. The minimum atomic E-state index is 0.769. The minimum absolute atomic E-state index is 0.769. The topological polar surface area (TPSA) is 18.5 Å². The highest BCUT2D eigenvalue weighted by molar-refractivity contribution is 7.99. The van der Waals surface area contributed by atoms with Gasteiger partial charge in [-0.25, -0.2) is 0 Å². The molecule has 3 atom stereocenters. The van der Waals surface area contributed by atoms with Gasteiger partial charge in [-0.1, -0.05) is 0 Å². The van der Waals surface area contributed by atoms with Crippen LogP contribution in [0.2, 0.25) is 0 Å². The Morgan fingerprint density at radius 2 is 2.21 bits per heavy atom. The predicted molar refractivity (Wildman–Crippen MR) is 83.9 cm³/mol. The Hall–Kier alpha value is 0.230. The first-order chi connectivity index (χ1) is 9.33. The number of nitrogens with one attached hydrogen (secondary N) is 1. The van der Waals surface area contributed by atoms with E-state index in [2.05, 4.69) is 33.9 Å². The zero-order valence-corrected chi connectivity index (χ0v) is 13.1. The molecule has 0 saturated carbocycles. The summed E-state index contributed by atoms with van der Waals surface area (Å²) in [7, 11) is 2.33.